The Labute approximate surface area is 304 Å². The topological polar surface area (TPSA) is 141 Å². The summed E-state index contributed by atoms with van der Waals surface area (Å²) in [4.78, 5) is 52.6. The SMILES string of the molecule is NC1CCN(C(=O)Oc2ccc(C3CCC[C@]4(C3)OO[C@]3(CC5CCC6(NC(=O)CCCNC(=O)c7ccc(F)cc7)CC5CC3C6)O4)cc2)CC1. The lowest BCUT2D eigenvalue weighted by Crippen LogP contribution is -2.64. The number of amides is 3. The second-order valence-electron chi connectivity index (χ2n) is 16.3. The molecule has 4 saturated carbocycles. The monoisotopic (exact) mass is 718 g/mol. The van der Waals surface area contributed by atoms with Gasteiger partial charge < -0.3 is 30.7 Å². The molecule has 3 bridgehead atoms. The average molecular weight is 719 g/mol. The van der Waals surface area contributed by atoms with E-state index in [0.717, 1.165) is 76.2 Å². The minimum atomic E-state index is -0.819. The highest BCUT2D eigenvalue weighted by Gasteiger charge is 2.65. The Morgan fingerprint density at radius 1 is 0.904 bits per heavy atom. The Morgan fingerprint density at radius 3 is 2.48 bits per heavy atom. The van der Waals surface area contributed by atoms with E-state index in [9.17, 15) is 18.8 Å². The third kappa shape index (κ3) is 7.31. The lowest BCUT2D eigenvalue weighted by molar-refractivity contribution is -0.375. The number of ether oxygens (including phenoxy) is 2. The van der Waals surface area contributed by atoms with E-state index < -0.39 is 11.6 Å². The lowest BCUT2D eigenvalue weighted by Gasteiger charge is -2.59. The van der Waals surface area contributed by atoms with Crippen LogP contribution in [0.3, 0.4) is 0 Å². The fourth-order valence-electron chi connectivity index (χ4n) is 10.1. The summed E-state index contributed by atoms with van der Waals surface area (Å²) in [6, 6.07) is 13.4. The van der Waals surface area contributed by atoms with Crippen molar-refractivity contribution >= 4 is 17.9 Å². The summed E-state index contributed by atoms with van der Waals surface area (Å²) in [6.07, 6.45) is 11.0. The van der Waals surface area contributed by atoms with Gasteiger partial charge in [0.1, 0.15) is 11.6 Å². The molecule has 6 fully saturated rings. The Hall–Kier alpha value is -3.58. The Bertz CT molecular complexity index is 1640. The molecule has 7 atom stereocenters. The lowest BCUT2D eigenvalue weighted by atomic mass is 9.52. The molecular weight excluding hydrogens is 667 g/mol. The highest BCUT2D eigenvalue weighted by Crippen LogP contribution is 2.62. The van der Waals surface area contributed by atoms with Crippen molar-refractivity contribution in [3.8, 4) is 5.75 Å². The molecule has 0 radical (unpaired) electrons. The molecule has 2 aliphatic heterocycles. The van der Waals surface area contributed by atoms with Crippen LogP contribution >= 0.6 is 0 Å². The number of hydrogen-bond donors (Lipinski definition) is 3. The van der Waals surface area contributed by atoms with Gasteiger partial charge in [0.25, 0.3) is 5.91 Å². The fourth-order valence-corrected chi connectivity index (χ4v) is 10.1. The van der Waals surface area contributed by atoms with E-state index in [4.69, 9.17) is 25.0 Å². The van der Waals surface area contributed by atoms with Gasteiger partial charge in [0.2, 0.25) is 17.5 Å². The number of piperidine rings is 1. The third-order valence-corrected chi connectivity index (χ3v) is 12.8. The number of fused-ring (bicyclic) bond motifs is 3. The van der Waals surface area contributed by atoms with Crippen LogP contribution in [0, 0.1) is 23.6 Å². The maximum absolute atomic E-state index is 13.3. The van der Waals surface area contributed by atoms with Crippen LogP contribution in [0.15, 0.2) is 48.5 Å². The van der Waals surface area contributed by atoms with Gasteiger partial charge in [-0.2, -0.15) is 9.78 Å². The molecule has 4 aliphatic carbocycles. The Kier molecular flexibility index (Phi) is 9.77. The standard InChI is InChI=1S/C40H51FN4O7/c41-32-9-5-27(6-10-32)36(47)43-18-2-4-35(46)44-38-17-13-29-24-40(31(25-38)21-30(29)22-38)50-39(51-52-40)16-1-3-28(23-39)26-7-11-34(12-8-26)49-37(48)45-19-14-33(42)15-20-45/h5-12,28-31,33H,1-4,13-25,42H2,(H,43,47)(H,44,46)/t28?,29?,30?,31?,38?,39-,40+/m1/s1. The van der Waals surface area contributed by atoms with Crippen LogP contribution in [0.25, 0.3) is 0 Å². The molecule has 280 valence electrons. The maximum Gasteiger partial charge on any atom is 0.415 e. The van der Waals surface area contributed by atoms with Crippen LogP contribution < -0.4 is 21.1 Å². The molecule has 2 aromatic rings. The first-order chi connectivity index (χ1) is 25.1. The van der Waals surface area contributed by atoms with E-state index >= 15 is 0 Å². The molecule has 2 heterocycles. The molecule has 2 spiro atoms. The summed E-state index contributed by atoms with van der Waals surface area (Å²) in [6.45, 7) is 1.60. The summed E-state index contributed by atoms with van der Waals surface area (Å²) in [5, 5.41) is 6.26. The average Bonchev–Trinajstić information content (AvgIpc) is 3.49. The van der Waals surface area contributed by atoms with Gasteiger partial charge in [-0.3, -0.25) is 9.59 Å². The Balaban J connectivity index is 0.856. The molecule has 52 heavy (non-hydrogen) atoms. The van der Waals surface area contributed by atoms with Crippen LogP contribution in [0.1, 0.15) is 112 Å². The maximum atomic E-state index is 13.3. The van der Waals surface area contributed by atoms with Crippen molar-refractivity contribution in [2.24, 2.45) is 23.5 Å². The normalized spacial score (nSPS) is 34.0. The van der Waals surface area contributed by atoms with Gasteiger partial charge in [-0.1, -0.05) is 12.1 Å². The number of carbonyl (C=O) groups excluding carboxylic acids is 3. The highest BCUT2D eigenvalue weighted by molar-refractivity contribution is 5.94. The smallest absolute Gasteiger partial charge is 0.410 e. The van der Waals surface area contributed by atoms with E-state index in [1.54, 1.807) is 4.90 Å². The van der Waals surface area contributed by atoms with Gasteiger partial charge >= 0.3 is 6.09 Å². The summed E-state index contributed by atoms with van der Waals surface area (Å²) in [5.41, 5.74) is 7.24. The first kappa shape index (κ1) is 35.4. The highest BCUT2D eigenvalue weighted by atomic mass is 19.1. The number of carbonyl (C=O) groups is 3. The molecule has 0 aromatic heterocycles. The largest absolute Gasteiger partial charge is 0.415 e. The predicted molar refractivity (Wildman–Crippen MR) is 188 cm³/mol. The molecule has 6 aliphatic rings. The van der Waals surface area contributed by atoms with Gasteiger partial charge in [0.15, 0.2) is 0 Å². The molecule has 5 unspecified atom stereocenters. The molecule has 4 N–H and O–H groups in total. The first-order valence-corrected chi connectivity index (χ1v) is 19.3. The molecule has 12 heteroatoms. The third-order valence-electron chi connectivity index (χ3n) is 12.8. The molecule has 2 saturated heterocycles. The van der Waals surface area contributed by atoms with E-state index in [-0.39, 0.29) is 47.1 Å². The minimum Gasteiger partial charge on any atom is -0.410 e. The molecule has 2 aromatic carbocycles. The molecule has 3 amide bonds. The van der Waals surface area contributed by atoms with Gasteiger partial charge in [0.05, 0.1) is 0 Å². The van der Waals surface area contributed by atoms with Crippen LogP contribution in [0.5, 0.6) is 5.75 Å². The summed E-state index contributed by atoms with van der Waals surface area (Å²) in [7, 11) is 0. The van der Waals surface area contributed by atoms with Crippen LogP contribution in [0.4, 0.5) is 9.18 Å². The van der Waals surface area contributed by atoms with E-state index in [0.29, 0.717) is 62.0 Å². The van der Waals surface area contributed by atoms with Crippen molar-refractivity contribution in [1.29, 1.82) is 0 Å². The zero-order valence-electron chi connectivity index (χ0n) is 29.8. The number of nitrogens with two attached hydrogens (primary N) is 1. The van der Waals surface area contributed by atoms with Gasteiger partial charge in [-0.15, -0.1) is 0 Å². The van der Waals surface area contributed by atoms with Crippen LogP contribution in [-0.4, -0.2) is 65.6 Å². The van der Waals surface area contributed by atoms with Crippen molar-refractivity contribution in [1.82, 2.24) is 15.5 Å². The van der Waals surface area contributed by atoms with Gasteiger partial charge in [0, 0.05) is 68.4 Å². The fraction of sp³-hybridized carbons (Fsp3) is 0.625. The molecular formula is C40H51FN4O7. The summed E-state index contributed by atoms with van der Waals surface area (Å²) < 4.78 is 25.9. The Morgan fingerprint density at radius 2 is 1.69 bits per heavy atom. The van der Waals surface area contributed by atoms with Crippen molar-refractivity contribution in [2.75, 3.05) is 19.6 Å². The minimum absolute atomic E-state index is 0.00313. The van der Waals surface area contributed by atoms with Crippen LogP contribution in [0.2, 0.25) is 0 Å². The summed E-state index contributed by atoms with van der Waals surface area (Å²) in [5.74, 6) is -0.482. The predicted octanol–water partition coefficient (Wildman–Crippen LogP) is 6.07. The van der Waals surface area contributed by atoms with E-state index in [2.05, 4.69) is 10.6 Å². The second-order valence-corrected chi connectivity index (χ2v) is 16.3. The summed E-state index contributed by atoms with van der Waals surface area (Å²) >= 11 is 0. The number of nitrogens with one attached hydrogen (secondary N) is 2. The number of hydrogen-bond acceptors (Lipinski definition) is 8. The zero-order valence-corrected chi connectivity index (χ0v) is 29.8. The number of nitrogens with zero attached hydrogens (tertiary/aromatic N) is 1. The number of benzene rings is 2. The number of likely N-dealkylation sites (tertiary alicyclic amines) is 1. The van der Waals surface area contributed by atoms with Gasteiger partial charge in [-0.05, 0) is 124 Å². The molecule has 8 rings (SSSR count). The number of halogens is 1. The van der Waals surface area contributed by atoms with Crippen molar-refractivity contribution in [2.45, 2.75) is 119 Å². The van der Waals surface area contributed by atoms with Crippen molar-refractivity contribution in [3.05, 3.63) is 65.5 Å². The first-order valence-electron chi connectivity index (χ1n) is 19.3. The quantitative estimate of drug-likeness (QED) is 0.221. The van der Waals surface area contributed by atoms with E-state index in [1.807, 2.05) is 24.3 Å². The van der Waals surface area contributed by atoms with Gasteiger partial charge in [-0.25, -0.2) is 9.18 Å². The van der Waals surface area contributed by atoms with E-state index in [1.165, 1.54) is 24.3 Å². The van der Waals surface area contributed by atoms with Crippen LogP contribution in [-0.2, 0) is 19.3 Å². The second kappa shape index (κ2) is 14.3. The zero-order chi connectivity index (χ0) is 35.9. The number of rotatable bonds is 8. The molecule has 11 nitrogen and oxygen atoms in total. The van der Waals surface area contributed by atoms with Crippen molar-refractivity contribution < 1.29 is 38.0 Å². The van der Waals surface area contributed by atoms with Crippen molar-refractivity contribution in [3.63, 3.8) is 0 Å².